The molecule has 1 atom stereocenters. The van der Waals surface area contributed by atoms with Gasteiger partial charge in [0, 0.05) is 12.3 Å². The van der Waals surface area contributed by atoms with E-state index in [1.54, 1.807) is 6.20 Å². The first-order chi connectivity index (χ1) is 5.18. The predicted molar refractivity (Wildman–Crippen MR) is 53.1 cm³/mol. The lowest BCUT2D eigenvalue weighted by atomic mass is 10.3. The van der Waals surface area contributed by atoms with Crippen LogP contribution in [0.1, 0.15) is 12.5 Å². The van der Waals surface area contributed by atoms with Gasteiger partial charge >= 0.3 is 0 Å². The number of hydrogen-bond acceptors (Lipinski definition) is 2. The Bertz CT molecular complexity index is 220. The van der Waals surface area contributed by atoms with Gasteiger partial charge in [0.2, 0.25) is 5.88 Å². The van der Waals surface area contributed by atoms with Crippen LogP contribution in [0.15, 0.2) is 18.3 Å². The summed E-state index contributed by atoms with van der Waals surface area (Å²) in [6.45, 7) is 3.98. The Morgan fingerprint density at radius 3 is 2.73 bits per heavy atom. The van der Waals surface area contributed by atoms with E-state index in [0.29, 0.717) is 5.88 Å². The molecular weight excluding hydrogens is 253 g/mol. The van der Waals surface area contributed by atoms with E-state index in [-0.39, 0.29) is 4.11 Å². The highest BCUT2D eigenvalue weighted by molar-refractivity contribution is 14.1. The normalized spacial score (nSPS) is 12.6. The van der Waals surface area contributed by atoms with Gasteiger partial charge in [-0.25, -0.2) is 4.98 Å². The Morgan fingerprint density at radius 1 is 1.55 bits per heavy atom. The fraction of sp³-hybridized carbons (Fsp3) is 0.375. The third-order valence-electron chi connectivity index (χ3n) is 1.17. The molecule has 1 aromatic rings. The molecule has 3 heteroatoms. The van der Waals surface area contributed by atoms with Crippen LogP contribution in [0, 0.1) is 6.92 Å². The molecule has 0 aromatic carbocycles. The van der Waals surface area contributed by atoms with Gasteiger partial charge in [-0.3, -0.25) is 0 Å². The predicted octanol–water partition coefficient (Wildman–Crippen LogP) is 2.55. The average Bonchev–Trinajstić information content (AvgIpc) is 1.93. The lowest BCUT2D eigenvalue weighted by Crippen LogP contribution is -2.02. The number of aromatic nitrogens is 1. The molecule has 11 heavy (non-hydrogen) atoms. The second-order valence-electron chi connectivity index (χ2n) is 2.33. The topological polar surface area (TPSA) is 22.1 Å². The molecule has 0 spiro atoms. The SMILES string of the molecule is Cc1ccc(OC(C)I)nc1. The Labute approximate surface area is 80.1 Å². The molecule has 0 fully saturated rings. The highest BCUT2D eigenvalue weighted by Gasteiger charge is 1.97. The van der Waals surface area contributed by atoms with Crippen molar-refractivity contribution >= 4 is 22.6 Å². The molecular formula is C8H10INO. The minimum absolute atomic E-state index is 0.169. The molecule has 0 aliphatic heterocycles. The van der Waals surface area contributed by atoms with Crippen molar-refractivity contribution in [3.63, 3.8) is 0 Å². The van der Waals surface area contributed by atoms with Crippen LogP contribution in [-0.2, 0) is 0 Å². The lowest BCUT2D eigenvalue weighted by Gasteiger charge is -2.05. The number of ether oxygens (including phenoxy) is 1. The van der Waals surface area contributed by atoms with Crippen LogP contribution >= 0.6 is 22.6 Å². The monoisotopic (exact) mass is 263 g/mol. The van der Waals surface area contributed by atoms with Crippen LogP contribution in [0.3, 0.4) is 0 Å². The van der Waals surface area contributed by atoms with Gasteiger partial charge in [0.15, 0.2) is 0 Å². The summed E-state index contributed by atoms with van der Waals surface area (Å²) in [5, 5.41) is 0. The second-order valence-corrected chi connectivity index (χ2v) is 4.09. The summed E-state index contributed by atoms with van der Waals surface area (Å²) in [4.78, 5) is 4.09. The molecule has 1 unspecified atom stereocenters. The zero-order valence-electron chi connectivity index (χ0n) is 6.54. The van der Waals surface area contributed by atoms with E-state index in [0.717, 1.165) is 5.56 Å². The number of alkyl halides is 1. The lowest BCUT2D eigenvalue weighted by molar-refractivity contribution is 0.309. The van der Waals surface area contributed by atoms with E-state index in [1.807, 2.05) is 26.0 Å². The molecule has 0 radical (unpaired) electrons. The van der Waals surface area contributed by atoms with Crippen LogP contribution in [-0.4, -0.2) is 9.09 Å². The van der Waals surface area contributed by atoms with Crippen molar-refractivity contribution in [1.29, 1.82) is 0 Å². The largest absolute Gasteiger partial charge is 0.464 e. The summed E-state index contributed by atoms with van der Waals surface area (Å²) < 4.78 is 5.51. The van der Waals surface area contributed by atoms with Crippen molar-refractivity contribution in [1.82, 2.24) is 4.98 Å². The molecule has 0 bridgehead atoms. The van der Waals surface area contributed by atoms with E-state index in [1.165, 1.54) is 0 Å². The molecule has 0 aliphatic carbocycles. The maximum absolute atomic E-state index is 5.34. The van der Waals surface area contributed by atoms with Gasteiger partial charge in [0.1, 0.15) is 4.11 Å². The quantitative estimate of drug-likeness (QED) is 0.604. The van der Waals surface area contributed by atoms with Crippen molar-refractivity contribution < 1.29 is 4.74 Å². The second kappa shape index (κ2) is 3.90. The fourth-order valence-corrected chi connectivity index (χ4v) is 0.951. The van der Waals surface area contributed by atoms with Crippen LogP contribution in [0.25, 0.3) is 0 Å². The molecule has 0 saturated carbocycles. The van der Waals surface area contributed by atoms with E-state index in [4.69, 9.17) is 4.74 Å². The third-order valence-corrected chi connectivity index (χ3v) is 1.42. The first-order valence-corrected chi connectivity index (χ1v) is 4.66. The summed E-state index contributed by atoms with van der Waals surface area (Å²) in [6.07, 6.45) is 1.80. The highest BCUT2D eigenvalue weighted by Crippen LogP contribution is 2.11. The number of nitrogens with zero attached hydrogens (tertiary/aromatic N) is 1. The minimum Gasteiger partial charge on any atom is -0.464 e. The Morgan fingerprint density at radius 2 is 2.27 bits per heavy atom. The van der Waals surface area contributed by atoms with Crippen LogP contribution in [0.2, 0.25) is 0 Å². The highest BCUT2D eigenvalue weighted by atomic mass is 127. The molecule has 0 amide bonds. The van der Waals surface area contributed by atoms with Crippen molar-refractivity contribution in [2.45, 2.75) is 18.0 Å². The molecule has 60 valence electrons. The summed E-state index contributed by atoms with van der Waals surface area (Å²) >= 11 is 2.19. The van der Waals surface area contributed by atoms with E-state index >= 15 is 0 Å². The van der Waals surface area contributed by atoms with Gasteiger partial charge in [0.05, 0.1) is 0 Å². The van der Waals surface area contributed by atoms with Crippen molar-refractivity contribution in [2.24, 2.45) is 0 Å². The fourth-order valence-electron chi connectivity index (χ4n) is 0.690. The molecule has 1 aromatic heterocycles. The third kappa shape index (κ3) is 3.05. The molecule has 1 heterocycles. The molecule has 1 rings (SSSR count). The Kier molecular flexibility index (Phi) is 3.11. The van der Waals surface area contributed by atoms with E-state index in [2.05, 4.69) is 27.6 Å². The van der Waals surface area contributed by atoms with Crippen molar-refractivity contribution in [2.75, 3.05) is 0 Å². The van der Waals surface area contributed by atoms with Crippen LogP contribution in [0.4, 0.5) is 0 Å². The Hall–Kier alpha value is -0.320. The van der Waals surface area contributed by atoms with Crippen molar-refractivity contribution in [3.8, 4) is 5.88 Å². The first-order valence-electron chi connectivity index (χ1n) is 3.42. The zero-order valence-corrected chi connectivity index (χ0v) is 8.70. The van der Waals surface area contributed by atoms with Gasteiger partial charge in [0.25, 0.3) is 0 Å². The average molecular weight is 263 g/mol. The maximum atomic E-state index is 5.34. The summed E-state index contributed by atoms with van der Waals surface area (Å²) in [7, 11) is 0. The molecule has 0 N–H and O–H groups in total. The number of aryl methyl sites for hydroxylation is 1. The molecule has 0 saturated heterocycles. The van der Waals surface area contributed by atoms with Gasteiger partial charge < -0.3 is 4.74 Å². The smallest absolute Gasteiger partial charge is 0.214 e. The summed E-state index contributed by atoms with van der Waals surface area (Å²) in [5.41, 5.74) is 1.15. The Balaban J connectivity index is 2.66. The summed E-state index contributed by atoms with van der Waals surface area (Å²) in [5.74, 6) is 0.692. The zero-order chi connectivity index (χ0) is 8.27. The number of pyridine rings is 1. The number of hydrogen-bond donors (Lipinski definition) is 0. The van der Waals surface area contributed by atoms with Crippen molar-refractivity contribution in [3.05, 3.63) is 23.9 Å². The van der Waals surface area contributed by atoms with Gasteiger partial charge in [-0.1, -0.05) is 6.07 Å². The standard InChI is InChI=1S/C8H10INO/c1-6-3-4-8(10-5-6)11-7(2)9/h3-5,7H,1-2H3. The van der Waals surface area contributed by atoms with Gasteiger partial charge in [-0.2, -0.15) is 0 Å². The van der Waals surface area contributed by atoms with Gasteiger partial charge in [-0.15, -0.1) is 0 Å². The van der Waals surface area contributed by atoms with Crippen LogP contribution < -0.4 is 4.74 Å². The first kappa shape index (κ1) is 8.77. The maximum Gasteiger partial charge on any atom is 0.214 e. The van der Waals surface area contributed by atoms with Gasteiger partial charge in [-0.05, 0) is 42.0 Å². The van der Waals surface area contributed by atoms with E-state index < -0.39 is 0 Å². The molecule has 2 nitrogen and oxygen atoms in total. The minimum atomic E-state index is 0.169. The summed E-state index contributed by atoms with van der Waals surface area (Å²) in [6, 6.07) is 3.87. The number of halogens is 1. The molecule has 0 aliphatic rings. The number of rotatable bonds is 2. The van der Waals surface area contributed by atoms with Crippen LogP contribution in [0.5, 0.6) is 5.88 Å². The van der Waals surface area contributed by atoms with E-state index in [9.17, 15) is 0 Å².